The van der Waals surface area contributed by atoms with E-state index >= 15 is 0 Å². The summed E-state index contributed by atoms with van der Waals surface area (Å²) in [5.74, 6) is -0.652. The molecule has 9 nitrogen and oxygen atoms in total. The second-order valence-corrected chi connectivity index (χ2v) is 8.78. The summed E-state index contributed by atoms with van der Waals surface area (Å²) in [5.41, 5.74) is 0.255. The van der Waals surface area contributed by atoms with Crippen molar-refractivity contribution in [2.75, 3.05) is 5.32 Å². The van der Waals surface area contributed by atoms with Gasteiger partial charge in [-0.05, 0) is 60.2 Å². The molecule has 0 unspecified atom stereocenters. The molecule has 196 valence electrons. The molecular formula is C29H23FN4O5. The van der Waals surface area contributed by atoms with Crippen molar-refractivity contribution < 1.29 is 18.4 Å². The normalized spacial score (nSPS) is 10.9. The van der Waals surface area contributed by atoms with Gasteiger partial charge in [0.2, 0.25) is 11.8 Å². The largest absolute Gasteiger partial charge is 0.467 e. The maximum absolute atomic E-state index is 13.5. The Balaban J connectivity index is 1.41. The number of rotatable bonds is 8. The van der Waals surface area contributed by atoms with Crippen LogP contribution in [0.1, 0.15) is 11.3 Å². The summed E-state index contributed by atoms with van der Waals surface area (Å²) in [6.45, 7) is -0.132. The van der Waals surface area contributed by atoms with Crippen LogP contribution in [0.4, 0.5) is 10.1 Å². The van der Waals surface area contributed by atoms with Crippen LogP contribution in [0.15, 0.2) is 105 Å². The van der Waals surface area contributed by atoms with Crippen LogP contribution in [-0.4, -0.2) is 20.9 Å². The fraction of sp³-hybridized carbons (Fsp3) is 0.103. The molecule has 2 amide bonds. The molecule has 0 aliphatic rings. The van der Waals surface area contributed by atoms with E-state index in [9.17, 15) is 23.6 Å². The Hall–Kier alpha value is -5.25. The number of halogens is 1. The predicted octanol–water partition coefficient (Wildman–Crippen LogP) is 3.38. The number of carbonyl (C=O) groups excluding carboxylic acids is 2. The molecule has 3 aromatic carbocycles. The third kappa shape index (κ3) is 5.69. The van der Waals surface area contributed by atoms with Gasteiger partial charge >= 0.3 is 5.69 Å². The van der Waals surface area contributed by atoms with Crippen LogP contribution in [0.2, 0.25) is 0 Å². The van der Waals surface area contributed by atoms with Gasteiger partial charge in [0.1, 0.15) is 18.1 Å². The number of amides is 2. The lowest BCUT2D eigenvalue weighted by Crippen LogP contribution is -2.40. The maximum atomic E-state index is 13.5. The van der Waals surface area contributed by atoms with E-state index in [0.717, 1.165) is 4.57 Å². The smallest absolute Gasteiger partial charge is 0.336 e. The van der Waals surface area contributed by atoms with Crippen molar-refractivity contribution in [3.8, 4) is 5.69 Å². The summed E-state index contributed by atoms with van der Waals surface area (Å²) in [7, 11) is 0. The molecule has 5 aromatic rings. The van der Waals surface area contributed by atoms with Crippen LogP contribution in [0.25, 0.3) is 16.6 Å². The first-order chi connectivity index (χ1) is 18.9. The standard InChI is InChI=1S/C29H23FN4O5/c30-20-5-3-6-21(16-20)32-27(36)18-33-25-9-2-1-8-24(25)28(37)34(29(33)38)22-12-10-19(11-13-22)15-26(35)31-17-23-7-4-14-39-23/h1-14,16H,15,17-18H2,(H,31,35)(H,32,36). The lowest BCUT2D eigenvalue weighted by molar-refractivity contribution is -0.120. The van der Waals surface area contributed by atoms with Gasteiger partial charge in [-0.3, -0.25) is 19.0 Å². The third-order valence-corrected chi connectivity index (χ3v) is 6.06. The number of hydrogen-bond donors (Lipinski definition) is 2. The molecule has 0 spiro atoms. The number of fused-ring (bicyclic) bond motifs is 1. The molecule has 2 N–H and O–H groups in total. The first kappa shape index (κ1) is 25.4. The highest BCUT2D eigenvalue weighted by Gasteiger charge is 2.17. The second-order valence-electron chi connectivity index (χ2n) is 8.78. The summed E-state index contributed by atoms with van der Waals surface area (Å²) in [6.07, 6.45) is 1.62. The fourth-order valence-corrected chi connectivity index (χ4v) is 4.22. The van der Waals surface area contributed by atoms with Crippen LogP contribution in [0.3, 0.4) is 0 Å². The van der Waals surface area contributed by atoms with Crippen LogP contribution in [0, 0.1) is 5.82 Å². The Morgan fingerprint density at radius 1 is 0.872 bits per heavy atom. The highest BCUT2D eigenvalue weighted by atomic mass is 19.1. The van der Waals surface area contributed by atoms with Crippen molar-refractivity contribution in [2.45, 2.75) is 19.5 Å². The molecule has 2 heterocycles. The van der Waals surface area contributed by atoms with E-state index < -0.39 is 29.5 Å². The molecule has 0 aliphatic carbocycles. The summed E-state index contributed by atoms with van der Waals surface area (Å²) < 4.78 is 20.9. The van der Waals surface area contributed by atoms with E-state index in [2.05, 4.69) is 10.6 Å². The van der Waals surface area contributed by atoms with Crippen molar-refractivity contribution in [3.63, 3.8) is 0 Å². The lowest BCUT2D eigenvalue weighted by atomic mass is 10.1. The molecule has 5 rings (SSSR count). The van der Waals surface area contributed by atoms with Crippen LogP contribution in [0.5, 0.6) is 0 Å². The zero-order valence-corrected chi connectivity index (χ0v) is 20.6. The number of benzene rings is 3. The summed E-state index contributed by atoms with van der Waals surface area (Å²) in [5, 5.41) is 5.58. The Kier molecular flexibility index (Phi) is 7.17. The maximum Gasteiger partial charge on any atom is 0.336 e. The lowest BCUT2D eigenvalue weighted by Gasteiger charge is -2.14. The Bertz CT molecular complexity index is 1770. The van der Waals surface area contributed by atoms with E-state index in [1.54, 1.807) is 60.7 Å². The van der Waals surface area contributed by atoms with E-state index in [4.69, 9.17) is 4.42 Å². The van der Waals surface area contributed by atoms with Gasteiger partial charge < -0.3 is 15.1 Å². The molecule has 0 atom stereocenters. The van der Waals surface area contributed by atoms with Gasteiger partial charge in [0.15, 0.2) is 0 Å². The number of hydrogen-bond acceptors (Lipinski definition) is 5. The van der Waals surface area contributed by atoms with Gasteiger partial charge in [0.25, 0.3) is 5.56 Å². The first-order valence-corrected chi connectivity index (χ1v) is 12.1. The highest BCUT2D eigenvalue weighted by Crippen LogP contribution is 2.13. The first-order valence-electron chi connectivity index (χ1n) is 12.1. The van der Waals surface area contributed by atoms with Gasteiger partial charge in [-0.2, -0.15) is 0 Å². The predicted molar refractivity (Wildman–Crippen MR) is 143 cm³/mol. The summed E-state index contributed by atoms with van der Waals surface area (Å²) in [6, 6.07) is 21.9. The van der Waals surface area contributed by atoms with Crippen molar-refractivity contribution in [2.24, 2.45) is 0 Å². The van der Waals surface area contributed by atoms with Gasteiger partial charge in [0.05, 0.1) is 35.8 Å². The third-order valence-electron chi connectivity index (χ3n) is 6.06. The second kappa shape index (κ2) is 11.0. The monoisotopic (exact) mass is 526 g/mol. The highest BCUT2D eigenvalue weighted by molar-refractivity contribution is 5.91. The Labute approximate surface area is 221 Å². The quantitative estimate of drug-likeness (QED) is 0.322. The molecule has 0 aliphatic heterocycles. The Morgan fingerprint density at radius 3 is 2.41 bits per heavy atom. The molecule has 0 radical (unpaired) electrons. The van der Waals surface area contributed by atoms with Crippen molar-refractivity contribution in [1.29, 1.82) is 0 Å². The van der Waals surface area contributed by atoms with Gasteiger partial charge in [-0.25, -0.2) is 13.8 Å². The van der Waals surface area contributed by atoms with E-state index in [-0.39, 0.29) is 35.6 Å². The number of para-hydroxylation sites is 1. The van der Waals surface area contributed by atoms with Crippen LogP contribution < -0.4 is 21.9 Å². The van der Waals surface area contributed by atoms with Crippen LogP contribution in [-0.2, 0) is 29.1 Å². The number of anilines is 1. The number of nitrogens with zero attached hydrogens (tertiary/aromatic N) is 2. The van der Waals surface area contributed by atoms with E-state index in [1.165, 1.54) is 35.1 Å². The zero-order chi connectivity index (χ0) is 27.4. The van der Waals surface area contributed by atoms with E-state index in [1.807, 2.05) is 0 Å². The molecule has 10 heteroatoms. The molecule has 0 saturated carbocycles. The number of nitrogens with one attached hydrogen (secondary N) is 2. The average molecular weight is 527 g/mol. The average Bonchev–Trinajstić information content (AvgIpc) is 3.45. The summed E-state index contributed by atoms with van der Waals surface area (Å²) in [4.78, 5) is 51.9. The molecular weight excluding hydrogens is 503 g/mol. The number of aromatic nitrogens is 2. The molecule has 0 fully saturated rings. The SMILES string of the molecule is O=C(Cc1ccc(-n2c(=O)c3ccccc3n(CC(=O)Nc3cccc(F)c3)c2=O)cc1)NCc1ccco1. The van der Waals surface area contributed by atoms with Crippen molar-refractivity contribution in [3.05, 3.63) is 129 Å². The Morgan fingerprint density at radius 2 is 1.67 bits per heavy atom. The number of furan rings is 1. The van der Waals surface area contributed by atoms with Gasteiger partial charge in [-0.1, -0.05) is 30.3 Å². The minimum Gasteiger partial charge on any atom is -0.467 e. The summed E-state index contributed by atoms with van der Waals surface area (Å²) >= 11 is 0. The van der Waals surface area contributed by atoms with Crippen molar-refractivity contribution in [1.82, 2.24) is 14.5 Å². The van der Waals surface area contributed by atoms with Gasteiger partial charge in [-0.15, -0.1) is 0 Å². The van der Waals surface area contributed by atoms with Gasteiger partial charge in [0, 0.05) is 5.69 Å². The van der Waals surface area contributed by atoms with E-state index in [0.29, 0.717) is 16.8 Å². The zero-order valence-electron chi connectivity index (χ0n) is 20.6. The minimum atomic E-state index is -0.711. The minimum absolute atomic E-state index is 0.0953. The topological polar surface area (TPSA) is 115 Å². The number of carbonyl (C=O) groups is 2. The molecule has 39 heavy (non-hydrogen) atoms. The molecule has 0 saturated heterocycles. The van der Waals surface area contributed by atoms with Crippen molar-refractivity contribution >= 4 is 28.4 Å². The fourth-order valence-electron chi connectivity index (χ4n) is 4.22. The molecule has 2 aromatic heterocycles. The molecule has 0 bridgehead atoms. The van der Waals surface area contributed by atoms with Crippen LogP contribution >= 0.6 is 0 Å².